The minimum Gasteiger partial charge on any atom is -0.480 e. The van der Waals surface area contributed by atoms with Crippen LogP contribution in [0.5, 0.6) is 0 Å². The van der Waals surface area contributed by atoms with Gasteiger partial charge >= 0.3 is 5.97 Å². The lowest BCUT2D eigenvalue weighted by atomic mass is 10.1. The monoisotopic (exact) mass is 296 g/mol. The van der Waals surface area contributed by atoms with Gasteiger partial charge in [-0.3, -0.25) is 4.79 Å². The molecular weight excluding hydrogens is 272 g/mol. The third-order valence-corrected chi connectivity index (χ3v) is 4.35. The maximum absolute atomic E-state index is 10.6. The van der Waals surface area contributed by atoms with Crippen molar-refractivity contribution in [2.45, 2.75) is 38.1 Å². The first kappa shape index (κ1) is 16.9. The molecule has 0 heterocycles. The van der Waals surface area contributed by atoms with E-state index in [1.54, 1.807) is 11.8 Å². The zero-order chi connectivity index (χ0) is 15.3. The van der Waals surface area contributed by atoms with Crippen LogP contribution >= 0.6 is 11.8 Å². The molecule has 112 valence electrons. The number of carboxylic acids is 1. The van der Waals surface area contributed by atoms with Crippen LogP contribution in [0.2, 0.25) is 0 Å². The van der Waals surface area contributed by atoms with Crippen LogP contribution in [0.15, 0.2) is 24.3 Å². The fourth-order valence-electron chi connectivity index (χ4n) is 1.58. The summed E-state index contributed by atoms with van der Waals surface area (Å²) >= 11 is 1.54. The van der Waals surface area contributed by atoms with Gasteiger partial charge in [-0.15, -0.1) is 0 Å². The first-order chi connectivity index (χ1) is 9.21. The smallest absolute Gasteiger partial charge is 0.321 e. The van der Waals surface area contributed by atoms with Gasteiger partial charge in [-0.1, -0.05) is 12.1 Å². The molecule has 20 heavy (non-hydrogen) atoms. The van der Waals surface area contributed by atoms with E-state index in [1.807, 2.05) is 0 Å². The number of carboxylic acid groups (broad SMARTS) is 1. The predicted molar refractivity (Wildman–Crippen MR) is 86.4 cm³/mol. The summed E-state index contributed by atoms with van der Waals surface area (Å²) in [4.78, 5) is 12.8. The Labute approximate surface area is 125 Å². The Bertz CT molecular complexity index is 440. The number of carbonyl (C=O) groups is 1. The average Bonchev–Trinajstić information content (AvgIpc) is 2.37. The van der Waals surface area contributed by atoms with Crippen LogP contribution in [0.25, 0.3) is 0 Å². The molecule has 0 aliphatic heterocycles. The van der Waals surface area contributed by atoms with Crippen molar-refractivity contribution in [3.8, 4) is 0 Å². The van der Waals surface area contributed by atoms with E-state index < -0.39 is 12.0 Å². The molecule has 0 radical (unpaired) electrons. The van der Waals surface area contributed by atoms with Crippen LogP contribution in [0.1, 0.15) is 26.3 Å². The standard InChI is InChI=1S/C15H24N2O2S/c1-15(2,3)17(4)12-7-5-11(6-8-12)9-20-10-13(16)14(18)19/h5-8,13H,9-10,16H2,1-4H3,(H,18,19)/t13-/m0/s1. The van der Waals surface area contributed by atoms with Crippen LogP contribution in [0.4, 0.5) is 5.69 Å². The highest BCUT2D eigenvalue weighted by Gasteiger charge is 2.17. The van der Waals surface area contributed by atoms with Gasteiger partial charge in [-0.25, -0.2) is 0 Å². The number of nitrogens with zero attached hydrogens (tertiary/aromatic N) is 1. The van der Waals surface area contributed by atoms with Gasteiger partial charge in [0, 0.05) is 29.8 Å². The third kappa shape index (κ3) is 5.06. The molecule has 0 aliphatic carbocycles. The highest BCUT2D eigenvalue weighted by molar-refractivity contribution is 7.98. The zero-order valence-electron chi connectivity index (χ0n) is 12.6. The molecule has 0 spiro atoms. The Balaban J connectivity index is 2.53. The molecule has 0 amide bonds. The van der Waals surface area contributed by atoms with Crippen molar-refractivity contribution < 1.29 is 9.90 Å². The van der Waals surface area contributed by atoms with Crippen molar-refractivity contribution in [2.24, 2.45) is 5.73 Å². The van der Waals surface area contributed by atoms with Gasteiger partial charge in [0.2, 0.25) is 0 Å². The number of rotatable bonds is 6. The molecule has 0 saturated heterocycles. The number of hydrogen-bond donors (Lipinski definition) is 2. The molecule has 1 rings (SSSR count). The molecule has 0 aromatic heterocycles. The highest BCUT2D eigenvalue weighted by atomic mass is 32.2. The zero-order valence-corrected chi connectivity index (χ0v) is 13.4. The summed E-state index contributed by atoms with van der Waals surface area (Å²) in [5.74, 6) is 0.263. The third-order valence-electron chi connectivity index (χ3n) is 3.21. The fraction of sp³-hybridized carbons (Fsp3) is 0.533. The summed E-state index contributed by atoms with van der Waals surface area (Å²) in [6, 6.07) is 7.57. The fourth-order valence-corrected chi connectivity index (χ4v) is 2.52. The SMILES string of the molecule is CN(c1ccc(CSC[C@H](N)C(=O)O)cc1)C(C)(C)C. The van der Waals surface area contributed by atoms with E-state index in [9.17, 15) is 4.79 Å². The second-order valence-electron chi connectivity index (χ2n) is 5.86. The summed E-state index contributed by atoms with van der Waals surface area (Å²) in [5, 5.41) is 8.71. The van der Waals surface area contributed by atoms with Crippen molar-refractivity contribution >= 4 is 23.4 Å². The van der Waals surface area contributed by atoms with E-state index in [2.05, 4.69) is 57.0 Å². The van der Waals surface area contributed by atoms with Crippen LogP contribution in [-0.2, 0) is 10.5 Å². The van der Waals surface area contributed by atoms with E-state index in [0.717, 1.165) is 5.75 Å². The maximum atomic E-state index is 10.6. The first-order valence-corrected chi connectivity index (χ1v) is 7.76. The van der Waals surface area contributed by atoms with E-state index in [0.29, 0.717) is 5.75 Å². The topological polar surface area (TPSA) is 66.6 Å². The predicted octanol–water partition coefficient (Wildman–Crippen LogP) is 2.57. The molecule has 5 heteroatoms. The summed E-state index contributed by atoms with van der Waals surface area (Å²) in [6.07, 6.45) is 0. The van der Waals surface area contributed by atoms with Crippen molar-refractivity contribution in [1.29, 1.82) is 0 Å². The van der Waals surface area contributed by atoms with Gasteiger partial charge in [-0.2, -0.15) is 11.8 Å². The molecule has 1 aromatic rings. The lowest BCUT2D eigenvalue weighted by Crippen LogP contribution is -2.37. The molecule has 1 atom stereocenters. The van der Waals surface area contributed by atoms with Gasteiger partial charge in [0.25, 0.3) is 0 Å². The lowest BCUT2D eigenvalue weighted by Gasteiger charge is -2.34. The quantitative estimate of drug-likeness (QED) is 0.844. The van der Waals surface area contributed by atoms with Gasteiger partial charge in [0.15, 0.2) is 0 Å². The molecular formula is C15H24N2O2S. The van der Waals surface area contributed by atoms with Gasteiger partial charge in [-0.05, 0) is 38.5 Å². The molecule has 1 aromatic carbocycles. The van der Waals surface area contributed by atoms with Crippen LogP contribution in [-0.4, -0.2) is 35.5 Å². The second kappa shape index (κ2) is 6.99. The largest absolute Gasteiger partial charge is 0.480 e. The second-order valence-corrected chi connectivity index (χ2v) is 6.89. The number of aliphatic carboxylic acids is 1. The van der Waals surface area contributed by atoms with Crippen molar-refractivity contribution in [3.63, 3.8) is 0 Å². The molecule has 0 aliphatic rings. The molecule has 3 N–H and O–H groups in total. The highest BCUT2D eigenvalue weighted by Crippen LogP contribution is 2.23. The average molecular weight is 296 g/mol. The minimum absolute atomic E-state index is 0.0878. The minimum atomic E-state index is -0.945. The number of thioether (sulfide) groups is 1. The first-order valence-electron chi connectivity index (χ1n) is 6.60. The van der Waals surface area contributed by atoms with Crippen LogP contribution in [0.3, 0.4) is 0 Å². The Morgan fingerprint density at radius 2 is 1.90 bits per heavy atom. The molecule has 0 unspecified atom stereocenters. The Kier molecular flexibility index (Phi) is 5.89. The Morgan fingerprint density at radius 3 is 2.35 bits per heavy atom. The molecule has 0 bridgehead atoms. The summed E-state index contributed by atoms with van der Waals surface area (Å²) in [6.45, 7) is 6.51. The molecule has 4 nitrogen and oxygen atoms in total. The Morgan fingerprint density at radius 1 is 1.35 bits per heavy atom. The van der Waals surface area contributed by atoms with Gasteiger partial charge < -0.3 is 15.7 Å². The summed E-state index contributed by atoms with van der Waals surface area (Å²) < 4.78 is 0. The molecule has 0 saturated carbocycles. The number of anilines is 1. The number of nitrogens with two attached hydrogens (primary N) is 1. The van der Waals surface area contributed by atoms with E-state index in [1.165, 1.54) is 11.3 Å². The van der Waals surface area contributed by atoms with Crippen molar-refractivity contribution in [1.82, 2.24) is 0 Å². The maximum Gasteiger partial charge on any atom is 0.321 e. The summed E-state index contributed by atoms with van der Waals surface area (Å²) in [5.41, 5.74) is 7.91. The van der Waals surface area contributed by atoms with Gasteiger partial charge in [0.05, 0.1) is 0 Å². The van der Waals surface area contributed by atoms with Crippen molar-refractivity contribution in [3.05, 3.63) is 29.8 Å². The number of benzene rings is 1. The van der Waals surface area contributed by atoms with Crippen LogP contribution in [0, 0.1) is 0 Å². The van der Waals surface area contributed by atoms with E-state index in [-0.39, 0.29) is 5.54 Å². The number of hydrogen-bond acceptors (Lipinski definition) is 4. The summed E-state index contributed by atoms with van der Waals surface area (Å²) in [7, 11) is 2.08. The van der Waals surface area contributed by atoms with Crippen LogP contribution < -0.4 is 10.6 Å². The lowest BCUT2D eigenvalue weighted by molar-refractivity contribution is -0.137. The normalized spacial score (nSPS) is 13.1. The molecule has 0 fully saturated rings. The Hall–Kier alpha value is -1.20. The van der Waals surface area contributed by atoms with Crippen molar-refractivity contribution in [2.75, 3.05) is 17.7 Å². The van der Waals surface area contributed by atoms with Gasteiger partial charge in [0.1, 0.15) is 6.04 Å². The van der Waals surface area contributed by atoms with E-state index >= 15 is 0 Å². The van der Waals surface area contributed by atoms with E-state index in [4.69, 9.17) is 10.8 Å².